The molecule has 2 aromatic rings. The third kappa shape index (κ3) is 3.06. The summed E-state index contributed by atoms with van der Waals surface area (Å²) in [6, 6.07) is 8.53. The van der Waals surface area contributed by atoms with E-state index in [0.717, 1.165) is 11.3 Å². The number of ether oxygens (including phenoxy) is 1. The highest BCUT2D eigenvalue weighted by atomic mass is 16.5. The molecule has 0 bridgehead atoms. The molecule has 1 heterocycles. The molecule has 1 amide bonds. The Balaban J connectivity index is 2.11. The first-order valence-electron chi connectivity index (χ1n) is 6.23. The number of pyridine rings is 1. The number of amides is 1. The number of benzene rings is 1. The fourth-order valence-corrected chi connectivity index (χ4v) is 1.84. The Hall–Kier alpha value is -2.56. The van der Waals surface area contributed by atoms with E-state index in [-0.39, 0.29) is 17.0 Å². The Bertz CT molecular complexity index is 647. The number of methoxy groups -OCH3 is 1. The van der Waals surface area contributed by atoms with Crippen molar-refractivity contribution in [1.82, 2.24) is 10.3 Å². The molecule has 0 aliphatic heterocycles. The molecule has 1 unspecified atom stereocenters. The zero-order valence-electron chi connectivity index (χ0n) is 11.3. The van der Waals surface area contributed by atoms with Crippen LogP contribution in [0.4, 0.5) is 0 Å². The zero-order chi connectivity index (χ0) is 14.5. The van der Waals surface area contributed by atoms with E-state index in [1.54, 1.807) is 7.11 Å². The molecule has 20 heavy (non-hydrogen) atoms. The number of aromatic amines is 1. The first-order chi connectivity index (χ1) is 9.61. The minimum absolute atomic E-state index is 0.105. The molecule has 0 saturated carbocycles. The second-order valence-electron chi connectivity index (χ2n) is 4.39. The van der Waals surface area contributed by atoms with E-state index in [2.05, 4.69) is 10.3 Å². The van der Waals surface area contributed by atoms with Crippen LogP contribution in [0.15, 0.2) is 47.5 Å². The van der Waals surface area contributed by atoms with E-state index in [9.17, 15) is 9.59 Å². The van der Waals surface area contributed by atoms with Gasteiger partial charge in [0.2, 0.25) is 0 Å². The van der Waals surface area contributed by atoms with Crippen LogP contribution in [0.5, 0.6) is 5.75 Å². The number of carbonyl (C=O) groups excluding carboxylic acids is 1. The van der Waals surface area contributed by atoms with Gasteiger partial charge < -0.3 is 15.0 Å². The molecule has 2 N–H and O–H groups in total. The molecule has 2 rings (SSSR count). The normalized spacial score (nSPS) is 11.7. The van der Waals surface area contributed by atoms with Crippen molar-refractivity contribution in [3.63, 3.8) is 0 Å². The fraction of sp³-hybridized carbons (Fsp3) is 0.200. The van der Waals surface area contributed by atoms with Gasteiger partial charge in [0.15, 0.2) is 5.43 Å². The van der Waals surface area contributed by atoms with E-state index < -0.39 is 5.91 Å². The summed E-state index contributed by atoms with van der Waals surface area (Å²) < 4.78 is 5.08. The van der Waals surface area contributed by atoms with Crippen molar-refractivity contribution in [2.45, 2.75) is 13.0 Å². The molecule has 0 radical (unpaired) electrons. The molecule has 0 saturated heterocycles. The average Bonchev–Trinajstić information content (AvgIpc) is 2.47. The number of aromatic nitrogens is 1. The Morgan fingerprint density at radius 1 is 1.25 bits per heavy atom. The molecule has 0 fully saturated rings. The van der Waals surface area contributed by atoms with Gasteiger partial charge in [-0.05, 0) is 24.6 Å². The standard InChI is InChI=1S/C15H16N2O3/c1-10(11-3-5-12(20-2)6-4-11)17-15(19)13-9-16-8-7-14(13)18/h3-10H,1-2H3,(H,16,18)(H,17,19). The van der Waals surface area contributed by atoms with Gasteiger partial charge >= 0.3 is 0 Å². The number of rotatable bonds is 4. The lowest BCUT2D eigenvalue weighted by Crippen LogP contribution is -2.30. The first-order valence-corrected chi connectivity index (χ1v) is 6.23. The van der Waals surface area contributed by atoms with Gasteiger partial charge in [-0.25, -0.2) is 0 Å². The molecular weight excluding hydrogens is 256 g/mol. The molecule has 0 aliphatic rings. The summed E-state index contributed by atoms with van der Waals surface area (Å²) in [6.07, 6.45) is 2.89. The van der Waals surface area contributed by atoms with Crippen LogP contribution in [-0.2, 0) is 0 Å². The van der Waals surface area contributed by atoms with Crippen molar-refractivity contribution in [3.8, 4) is 5.75 Å². The summed E-state index contributed by atoms with van der Waals surface area (Å²) in [5.41, 5.74) is 0.738. The number of carbonyl (C=O) groups is 1. The molecule has 1 aromatic carbocycles. The maximum atomic E-state index is 12.0. The lowest BCUT2D eigenvalue weighted by molar-refractivity contribution is 0.0938. The van der Waals surface area contributed by atoms with Crippen LogP contribution < -0.4 is 15.5 Å². The van der Waals surface area contributed by atoms with Crippen LogP contribution >= 0.6 is 0 Å². The molecule has 104 valence electrons. The average molecular weight is 272 g/mol. The van der Waals surface area contributed by atoms with Crippen LogP contribution in [0.25, 0.3) is 0 Å². The highest BCUT2D eigenvalue weighted by molar-refractivity contribution is 5.93. The van der Waals surface area contributed by atoms with Crippen LogP contribution in [0.2, 0.25) is 0 Å². The van der Waals surface area contributed by atoms with E-state index in [0.29, 0.717) is 0 Å². The largest absolute Gasteiger partial charge is 0.497 e. The second kappa shape index (κ2) is 6.06. The van der Waals surface area contributed by atoms with Crippen LogP contribution in [-0.4, -0.2) is 18.0 Å². The Labute approximate surface area is 116 Å². The smallest absolute Gasteiger partial charge is 0.257 e. The third-order valence-corrected chi connectivity index (χ3v) is 3.03. The van der Waals surface area contributed by atoms with Crippen LogP contribution in [0.1, 0.15) is 28.9 Å². The van der Waals surface area contributed by atoms with Gasteiger partial charge in [-0.15, -0.1) is 0 Å². The van der Waals surface area contributed by atoms with Crippen molar-refractivity contribution >= 4 is 5.91 Å². The summed E-state index contributed by atoms with van der Waals surface area (Å²) >= 11 is 0. The molecular formula is C15H16N2O3. The second-order valence-corrected chi connectivity index (χ2v) is 4.39. The molecule has 0 aliphatic carbocycles. The lowest BCUT2D eigenvalue weighted by atomic mass is 10.1. The SMILES string of the molecule is COc1ccc(C(C)NC(=O)c2c[nH]ccc2=O)cc1. The molecule has 1 atom stereocenters. The Morgan fingerprint density at radius 2 is 1.95 bits per heavy atom. The zero-order valence-corrected chi connectivity index (χ0v) is 11.3. The van der Waals surface area contributed by atoms with Gasteiger partial charge in [0, 0.05) is 18.5 Å². The van der Waals surface area contributed by atoms with Crippen molar-refractivity contribution in [2.75, 3.05) is 7.11 Å². The topological polar surface area (TPSA) is 71.2 Å². The van der Waals surface area contributed by atoms with Crippen molar-refractivity contribution in [2.24, 2.45) is 0 Å². The predicted octanol–water partition coefficient (Wildman–Crippen LogP) is 1.87. The summed E-state index contributed by atoms with van der Waals surface area (Å²) in [7, 11) is 1.60. The van der Waals surface area contributed by atoms with Gasteiger partial charge in [0.05, 0.1) is 13.2 Å². The van der Waals surface area contributed by atoms with Crippen LogP contribution in [0, 0.1) is 0 Å². The van der Waals surface area contributed by atoms with E-state index in [1.165, 1.54) is 18.5 Å². The minimum Gasteiger partial charge on any atom is -0.497 e. The summed E-state index contributed by atoms with van der Waals surface area (Å²) in [4.78, 5) is 26.3. The lowest BCUT2D eigenvalue weighted by Gasteiger charge is -2.14. The molecule has 1 aromatic heterocycles. The maximum absolute atomic E-state index is 12.0. The number of nitrogens with one attached hydrogen (secondary N) is 2. The minimum atomic E-state index is -0.393. The Morgan fingerprint density at radius 3 is 2.55 bits per heavy atom. The van der Waals surface area contributed by atoms with Crippen LogP contribution in [0.3, 0.4) is 0 Å². The highest BCUT2D eigenvalue weighted by Crippen LogP contribution is 2.17. The van der Waals surface area contributed by atoms with Gasteiger partial charge in [-0.3, -0.25) is 9.59 Å². The predicted molar refractivity (Wildman–Crippen MR) is 75.9 cm³/mol. The van der Waals surface area contributed by atoms with Crippen molar-refractivity contribution in [3.05, 3.63) is 64.1 Å². The van der Waals surface area contributed by atoms with E-state index in [1.807, 2.05) is 31.2 Å². The van der Waals surface area contributed by atoms with Gasteiger partial charge in [-0.1, -0.05) is 12.1 Å². The number of hydrogen-bond donors (Lipinski definition) is 2. The fourth-order valence-electron chi connectivity index (χ4n) is 1.84. The maximum Gasteiger partial charge on any atom is 0.257 e. The third-order valence-electron chi connectivity index (χ3n) is 3.03. The van der Waals surface area contributed by atoms with Gasteiger partial charge in [-0.2, -0.15) is 0 Å². The van der Waals surface area contributed by atoms with Gasteiger partial charge in [0.1, 0.15) is 11.3 Å². The number of H-pyrrole nitrogens is 1. The molecule has 5 nitrogen and oxygen atoms in total. The number of hydrogen-bond acceptors (Lipinski definition) is 3. The Kier molecular flexibility index (Phi) is 4.20. The first kappa shape index (κ1) is 13.9. The summed E-state index contributed by atoms with van der Waals surface area (Å²) in [6.45, 7) is 1.86. The van der Waals surface area contributed by atoms with E-state index in [4.69, 9.17) is 4.74 Å². The monoisotopic (exact) mass is 272 g/mol. The molecule has 0 spiro atoms. The van der Waals surface area contributed by atoms with E-state index >= 15 is 0 Å². The van der Waals surface area contributed by atoms with Crippen molar-refractivity contribution in [1.29, 1.82) is 0 Å². The summed E-state index contributed by atoms with van der Waals surface area (Å²) in [5.74, 6) is 0.363. The quantitative estimate of drug-likeness (QED) is 0.892. The summed E-state index contributed by atoms with van der Waals surface area (Å²) in [5, 5.41) is 2.79. The van der Waals surface area contributed by atoms with Crippen molar-refractivity contribution < 1.29 is 9.53 Å². The highest BCUT2D eigenvalue weighted by Gasteiger charge is 2.13. The molecule has 5 heteroatoms. The van der Waals surface area contributed by atoms with Gasteiger partial charge in [0.25, 0.3) is 5.91 Å².